The Morgan fingerprint density at radius 2 is 1.94 bits per heavy atom. The van der Waals surface area contributed by atoms with E-state index in [1.807, 2.05) is 13.8 Å². The number of hydrogen-bond donors (Lipinski definition) is 0. The van der Waals surface area contributed by atoms with Gasteiger partial charge < -0.3 is 14.4 Å². The first-order valence-corrected chi connectivity index (χ1v) is 6.25. The fourth-order valence-corrected chi connectivity index (χ4v) is 2.02. The summed E-state index contributed by atoms with van der Waals surface area (Å²) in [6, 6.07) is 0. The molecule has 4 nitrogen and oxygen atoms in total. The second-order valence-electron chi connectivity index (χ2n) is 4.05. The van der Waals surface area contributed by atoms with Crippen molar-refractivity contribution in [2.24, 2.45) is 0 Å². The van der Waals surface area contributed by atoms with E-state index in [2.05, 4.69) is 4.90 Å². The number of esters is 1. The number of carbonyl (C=O) groups is 1. The molecule has 0 atom stereocenters. The van der Waals surface area contributed by atoms with Crippen LogP contribution in [0, 0.1) is 0 Å². The molecule has 0 amide bonds. The highest BCUT2D eigenvalue weighted by Crippen LogP contribution is 2.13. The highest BCUT2D eigenvalue weighted by Gasteiger charge is 2.19. The fourth-order valence-electron chi connectivity index (χ4n) is 2.02. The predicted octanol–water partition coefficient (Wildman–Crippen LogP) is 1.44. The van der Waals surface area contributed by atoms with Crippen molar-refractivity contribution in [1.82, 2.24) is 4.90 Å². The molecule has 1 heterocycles. The molecule has 0 aromatic carbocycles. The smallest absolute Gasteiger partial charge is 0.307 e. The molecule has 0 spiro atoms. The zero-order valence-electron chi connectivity index (χ0n) is 10.4. The lowest BCUT2D eigenvalue weighted by molar-refractivity contribution is -0.143. The van der Waals surface area contributed by atoms with E-state index in [0.29, 0.717) is 19.1 Å². The Kier molecular flexibility index (Phi) is 6.42. The molecule has 1 aliphatic heterocycles. The standard InChI is InChI=1S/C12H23NO3/c1-3-15-11-5-8-13(9-6-11)10-7-12(14)16-4-2/h11H,3-10H2,1-2H3. The third-order valence-corrected chi connectivity index (χ3v) is 2.87. The molecular weight excluding hydrogens is 206 g/mol. The second-order valence-corrected chi connectivity index (χ2v) is 4.05. The number of hydrogen-bond acceptors (Lipinski definition) is 4. The van der Waals surface area contributed by atoms with Gasteiger partial charge in [-0.15, -0.1) is 0 Å². The van der Waals surface area contributed by atoms with Gasteiger partial charge in [-0.2, -0.15) is 0 Å². The molecule has 0 aromatic rings. The minimum atomic E-state index is -0.0885. The Labute approximate surface area is 97.9 Å². The SMILES string of the molecule is CCOC(=O)CCN1CCC(OCC)CC1. The Balaban J connectivity index is 2.10. The van der Waals surface area contributed by atoms with Gasteiger partial charge in [0.25, 0.3) is 0 Å². The minimum absolute atomic E-state index is 0.0885. The molecule has 1 aliphatic rings. The summed E-state index contributed by atoms with van der Waals surface area (Å²) in [6.07, 6.45) is 3.09. The van der Waals surface area contributed by atoms with Crippen LogP contribution in [-0.2, 0) is 14.3 Å². The van der Waals surface area contributed by atoms with Crippen LogP contribution in [0.5, 0.6) is 0 Å². The minimum Gasteiger partial charge on any atom is -0.466 e. The zero-order chi connectivity index (χ0) is 11.8. The normalized spacial score (nSPS) is 18.6. The molecule has 1 saturated heterocycles. The average Bonchev–Trinajstić information content (AvgIpc) is 2.29. The van der Waals surface area contributed by atoms with E-state index < -0.39 is 0 Å². The first-order chi connectivity index (χ1) is 7.76. The molecule has 0 saturated carbocycles. The lowest BCUT2D eigenvalue weighted by Gasteiger charge is -2.31. The quantitative estimate of drug-likeness (QED) is 0.646. The predicted molar refractivity (Wildman–Crippen MR) is 62.3 cm³/mol. The van der Waals surface area contributed by atoms with E-state index >= 15 is 0 Å². The highest BCUT2D eigenvalue weighted by molar-refractivity contribution is 5.69. The number of piperidine rings is 1. The van der Waals surface area contributed by atoms with Crippen molar-refractivity contribution in [3.8, 4) is 0 Å². The number of nitrogens with zero attached hydrogens (tertiary/aromatic N) is 1. The molecule has 0 bridgehead atoms. The van der Waals surface area contributed by atoms with Crippen LogP contribution in [0.15, 0.2) is 0 Å². The molecular formula is C12H23NO3. The van der Waals surface area contributed by atoms with Gasteiger partial charge in [-0.3, -0.25) is 4.79 Å². The van der Waals surface area contributed by atoms with Gasteiger partial charge in [0.1, 0.15) is 0 Å². The van der Waals surface area contributed by atoms with Crippen LogP contribution in [0.3, 0.4) is 0 Å². The number of likely N-dealkylation sites (tertiary alicyclic amines) is 1. The second kappa shape index (κ2) is 7.63. The maximum atomic E-state index is 11.2. The number of carbonyl (C=O) groups excluding carboxylic acids is 1. The van der Waals surface area contributed by atoms with E-state index in [1.54, 1.807) is 0 Å². The third-order valence-electron chi connectivity index (χ3n) is 2.87. The summed E-state index contributed by atoms with van der Waals surface area (Å²) >= 11 is 0. The molecule has 16 heavy (non-hydrogen) atoms. The monoisotopic (exact) mass is 229 g/mol. The molecule has 0 aliphatic carbocycles. The Hall–Kier alpha value is -0.610. The van der Waals surface area contributed by atoms with E-state index in [9.17, 15) is 4.79 Å². The van der Waals surface area contributed by atoms with E-state index in [-0.39, 0.29) is 5.97 Å². The van der Waals surface area contributed by atoms with Crippen molar-refractivity contribution in [2.75, 3.05) is 32.8 Å². The molecule has 0 aromatic heterocycles. The van der Waals surface area contributed by atoms with Gasteiger partial charge >= 0.3 is 5.97 Å². The Bertz CT molecular complexity index is 200. The topological polar surface area (TPSA) is 38.8 Å². The van der Waals surface area contributed by atoms with Crippen LogP contribution in [0.2, 0.25) is 0 Å². The maximum Gasteiger partial charge on any atom is 0.307 e. The van der Waals surface area contributed by atoms with Crippen molar-refractivity contribution in [3.63, 3.8) is 0 Å². The summed E-state index contributed by atoms with van der Waals surface area (Å²) in [5, 5.41) is 0. The largest absolute Gasteiger partial charge is 0.466 e. The first kappa shape index (κ1) is 13.5. The molecule has 1 rings (SSSR count). The molecule has 1 fully saturated rings. The summed E-state index contributed by atoms with van der Waals surface area (Å²) < 4.78 is 10.5. The summed E-state index contributed by atoms with van der Waals surface area (Å²) in [6.45, 7) is 8.03. The van der Waals surface area contributed by atoms with Crippen molar-refractivity contribution < 1.29 is 14.3 Å². The van der Waals surface area contributed by atoms with Crippen molar-refractivity contribution in [1.29, 1.82) is 0 Å². The van der Waals surface area contributed by atoms with Crippen LogP contribution in [0.4, 0.5) is 0 Å². The zero-order valence-corrected chi connectivity index (χ0v) is 10.4. The van der Waals surface area contributed by atoms with E-state index in [1.165, 1.54) is 0 Å². The third kappa shape index (κ3) is 4.94. The van der Waals surface area contributed by atoms with Gasteiger partial charge in [-0.05, 0) is 26.7 Å². The summed E-state index contributed by atoms with van der Waals surface area (Å²) in [5.41, 5.74) is 0. The van der Waals surface area contributed by atoms with Crippen LogP contribution in [-0.4, -0.2) is 49.8 Å². The van der Waals surface area contributed by atoms with Crippen molar-refractivity contribution in [3.05, 3.63) is 0 Å². The van der Waals surface area contributed by atoms with Gasteiger partial charge in [0.15, 0.2) is 0 Å². The highest BCUT2D eigenvalue weighted by atomic mass is 16.5. The van der Waals surface area contributed by atoms with Crippen LogP contribution >= 0.6 is 0 Å². The molecule has 4 heteroatoms. The molecule has 0 unspecified atom stereocenters. The molecule has 0 N–H and O–H groups in total. The Morgan fingerprint density at radius 3 is 2.50 bits per heavy atom. The number of rotatable bonds is 6. The van der Waals surface area contributed by atoms with Crippen molar-refractivity contribution in [2.45, 2.75) is 39.2 Å². The van der Waals surface area contributed by atoms with Gasteiger partial charge in [0.2, 0.25) is 0 Å². The summed E-state index contributed by atoms with van der Waals surface area (Å²) in [4.78, 5) is 13.5. The first-order valence-electron chi connectivity index (χ1n) is 6.25. The molecule has 0 radical (unpaired) electrons. The van der Waals surface area contributed by atoms with Crippen molar-refractivity contribution >= 4 is 5.97 Å². The van der Waals surface area contributed by atoms with E-state index in [4.69, 9.17) is 9.47 Å². The van der Waals surface area contributed by atoms with Crippen LogP contribution in [0.1, 0.15) is 33.1 Å². The van der Waals surface area contributed by atoms with Gasteiger partial charge in [-0.25, -0.2) is 0 Å². The van der Waals surface area contributed by atoms with Gasteiger partial charge in [0, 0.05) is 26.2 Å². The molecule has 94 valence electrons. The van der Waals surface area contributed by atoms with Crippen LogP contribution < -0.4 is 0 Å². The summed E-state index contributed by atoms with van der Waals surface area (Å²) in [7, 11) is 0. The van der Waals surface area contributed by atoms with Gasteiger partial charge in [-0.1, -0.05) is 0 Å². The summed E-state index contributed by atoms with van der Waals surface area (Å²) in [5.74, 6) is -0.0885. The van der Waals surface area contributed by atoms with Crippen LogP contribution in [0.25, 0.3) is 0 Å². The lowest BCUT2D eigenvalue weighted by Crippen LogP contribution is -2.38. The fraction of sp³-hybridized carbons (Fsp3) is 0.917. The number of ether oxygens (including phenoxy) is 2. The van der Waals surface area contributed by atoms with E-state index in [0.717, 1.165) is 39.1 Å². The average molecular weight is 229 g/mol. The lowest BCUT2D eigenvalue weighted by atomic mass is 10.1. The maximum absolute atomic E-state index is 11.2. The Morgan fingerprint density at radius 1 is 1.25 bits per heavy atom. The van der Waals surface area contributed by atoms with Gasteiger partial charge in [0.05, 0.1) is 19.1 Å².